The highest BCUT2D eigenvalue weighted by Crippen LogP contribution is 2.42. The fraction of sp³-hybridized carbons (Fsp3) is 1.00. The Bertz CT molecular complexity index is 86.9. The first kappa shape index (κ1) is 7.46. The molecule has 0 aromatic rings. The molecule has 0 spiro atoms. The van der Waals surface area contributed by atoms with Gasteiger partial charge in [-0.15, -0.1) is 4.73 Å². The van der Waals surface area contributed by atoms with E-state index in [-0.39, 0.29) is 0 Å². The van der Waals surface area contributed by atoms with E-state index in [0.717, 1.165) is 7.11 Å². The maximum Gasteiger partial charge on any atom is 0.358 e. The molecule has 0 rings (SSSR count). The predicted molar refractivity (Wildman–Crippen MR) is 25.7 cm³/mol. The Hall–Kier alpha value is 0.460. The number of halogens is 1. The minimum absolute atomic E-state index is 1.07. The molecule has 6 heteroatoms. The molecular weight excluding hydrogens is 142 g/mol. The maximum atomic E-state index is 10.8. The van der Waals surface area contributed by atoms with Gasteiger partial charge in [0.05, 0.1) is 0 Å². The van der Waals surface area contributed by atoms with Gasteiger partial charge in [-0.05, 0) is 16.3 Å². The zero-order chi connectivity index (χ0) is 5.91. The van der Waals surface area contributed by atoms with E-state index >= 15 is 0 Å². The van der Waals surface area contributed by atoms with Gasteiger partial charge in [0.2, 0.25) is 0 Å². The first-order chi connectivity index (χ1) is 3.12. The number of hydrogen-bond donors (Lipinski definition) is 1. The third-order valence-corrected chi connectivity index (χ3v) is 1.57. The Kier molecular flexibility index (Phi) is 2.87. The summed E-state index contributed by atoms with van der Waals surface area (Å²) < 4.78 is 17.7. The molecular formula is CH4FO3PS. The van der Waals surface area contributed by atoms with E-state index in [1.165, 1.54) is 0 Å². The van der Waals surface area contributed by atoms with Gasteiger partial charge in [-0.25, -0.2) is 0 Å². The van der Waals surface area contributed by atoms with Gasteiger partial charge in [-0.2, -0.15) is 0 Å². The van der Waals surface area contributed by atoms with Gasteiger partial charge in [0.15, 0.2) is 0 Å². The molecule has 0 aromatic heterocycles. The van der Waals surface area contributed by atoms with Gasteiger partial charge in [0, 0.05) is 7.11 Å². The summed E-state index contributed by atoms with van der Waals surface area (Å²) >= 11 is 3.99. The largest absolute Gasteiger partial charge is 0.358 e. The van der Waals surface area contributed by atoms with Crippen LogP contribution < -0.4 is 0 Å². The van der Waals surface area contributed by atoms with Crippen molar-refractivity contribution in [2.75, 3.05) is 7.11 Å². The zero-order valence-corrected chi connectivity index (χ0v) is 5.21. The van der Waals surface area contributed by atoms with Crippen molar-refractivity contribution >= 4 is 18.5 Å². The van der Waals surface area contributed by atoms with Gasteiger partial charge in [-0.1, -0.05) is 0 Å². The molecule has 0 saturated heterocycles. The molecule has 44 valence electrons. The molecule has 0 amide bonds. The van der Waals surface area contributed by atoms with Crippen LogP contribution in [0.1, 0.15) is 0 Å². The lowest BCUT2D eigenvalue weighted by Gasteiger charge is -2.01. The number of rotatable bonds is 2. The maximum absolute atomic E-state index is 10.8. The monoisotopic (exact) mass is 146 g/mol. The van der Waals surface area contributed by atoms with E-state index in [9.17, 15) is 4.53 Å². The van der Waals surface area contributed by atoms with Crippen LogP contribution in [0.4, 0.5) is 4.53 Å². The summed E-state index contributed by atoms with van der Waals surface area (Å²) in [6, 6.07) is 0. The van der Waals surface area contributed by atoms with E-state index in [0.29, 0.717) is 0 Å². The highest BCUT2D eigenvalue weighted by Gasteiger charge is 2.10. The Morgan fingerprint density at radius 2 is 2.29 bits per heavy atom. The lowest BCUT2D eigenvalue weighted by Crippen LogP contribution is -1.79. The molecule has 0 fully saturated rings. The fourth-order valence-corrected chi connectivity index (χ4v) is 0.0845. The van der Waals surface area contributed by atoms with E-state index in [4.69, 9.17) is 4.89 Å². The van der Waals surface area contributed by atoms with E-state index in [1.807, 2.05) is 0 Å². The SMILES string of the molecule is COP(O)(=S)OF. The first-order valence-electron chi connectivity index (χ1n) is 1.31. The molecule has 3 nitrogen and oxygen atoms in total. The zero-order valence-electron chi connectivity index (χ0n) is 3.50. The highest BCUT2D eigenvalue weighted by molar-refractivity contribution is 8.07. The van der Waals surface area contributed by atoms with Crippen LogP contribution in [0.25, 0.3) is 0 Å². The summed E-state index contributed by atoms with van der Waals surface area (Å²) in [7, 11) is 1.07. The highest BCUT2D eigenvalue weighted by atomic mass is 32.5. The van der Waals surface area contributed by atoms with Gasteiger partial charge in [0.25, 0.3) is 0 Å². The summed E-state index contributed by atoms with van der Waals surface area (Å²) in [5, 5.41) is 0. The van der Waals surface area contributed by atoms with Crippen LogP contribution in [0.5, 0.6) is 0 Å². The van der Waals surface area contributed by atoms with Gasteiger partial charge < -0.3 is 9.42 Å². The van der Waals surface area contributed by atoms with Crippen LogP contribution in [0.15, 0.2) is 0 Å². The van der Waals surface area contributed by atoms with Gasteiger partial charge in [-0.3, -0.25) is 0 Å². The van der Waals surface area contributed by atoms with Crippen molar-refractivity contribution in [1.82, 2.24) is 0 Å². The van der Waals surface area contributed by atoms with Crippen LogP contribution >= 0.6 is 6.72 Å². The van der Waals surface area contributed by atoms with Crippen molar-refractivity contribution < 1.29 is 18.7 Å². The molecule has 0 aliphatic heterocycles. The van der Waals surface area contributed by atoms with Gasteiger partial charge >= 0.3 is 6.72 Å². The Balaban J connectivity index is 3.61. The average molecular weight is 146 g/mol. The molecule has 0 heterocycles. The lowest BCUT2D eigenvalue weighted by atomic mass is 11.8. The van der Waals surface area contributed by atoms with E-state index in [2.05, 4.69) is 21.1 Å². The van der Waals surface area contributed by atoms with Gasteiger partial charge in [0.1, 0.15) is 0 Å². The molecule has 0 aromatic carbocycles. The smallest absolute Gasteiger partial charge is 0.323 e. The Labute approximate surface area is 45.2 Å². The topological polar surface area (TPSA) is 38.7 Å². The van der Waals surface area contributed by atoms with E-state index in [1.54, 1.807) is 0 Å². The minimum Gasteiger partial charge on any atom is -0.323 e. The van der Waals surface area contributed by atoms with Crippen LogP contribution in [0.2, 0.25) is 0 Å². The number of hydrogen-bond acceptors (Lipinski definition) is 3. The van der Waals surface area contributed by atoms with Crippen molar-refractivity contribution in [2.24, 2.45) is 0 Å². The van der Waals surface area contributed by atoms with Crippen molar-refractivity contribution in [2.45, 2.75) is 0 Å². The molecule has 7 heavy (non-hydrogen) atoms. The standard InChI is InChI=1S/CH4FO3PS/c1-4-6(3,7)5-2/h1H3,(H,3,7). The van der Waals surface area contributed by atoms with E-state index < -0.39 is 6.72 Å². The van der Waals surface area contributed by atoms with Crippen LogP contribution in [-0.2, 0) is 21.1 Å². The van der Waals surface area contributed by atoms with Crippen molar-refractivity contribution in [3.05, 3.63) is 0 Å². The quantitative estimate of drug-likeness (QED) is 0.583. The Morgan fingerprint density at radius 3 is 2.29 bits per heavy atom. The second-order valence-electron chi connectivity index (χ2n) is 0.720. The summed E-state index contributed by atoms with van der Waals surface area (Å²) in [5.74, 6) is 0. The summed E-state index contributed by atoms with van der Waals surface area (Å²) in [6.07, 6.45) is 0. The molecule has 1 N–H and O–H groups in total. The molecule has 1 unspecified atom stereocenters. The summed E-state index contributed by atoms with van der Waals surface area (Å²) in [4.78, 5) is 8.24. The second-order valence-corrected chi connectivity index (χ2v) is 3.54. The summed E-state index contributed by atoms with van der Waals surface area (Å²) in [6.45, 7) is -3.49. The Morgan fingerprint density at radius 1 is 1.86 bits per heavy atom. The fourth-order valence-electron chi connectivity index (χ4n) is 0.0282. The lowest BCUT2D eigenvalue weighted by molar-refractivity contribution is -0.0255. The molecule has 0 saturated carbocycles. The second kappa shape index (κ2) is 2.69. The molecule has 0 radical (unpaired) electrons. The van der Waals surface area contributed by atoms with Crippen molar-refractivity contribution in [3.63, 3.8) is 0 Å². The van der Waals surface area contributed by atoms with Crippen LogP contribution in [0.3, 0.4) is 0 Å². The molecule has 0 bridgehead atoms. The third-order valence-electron chi connectivity index (χ3n) is 0.318. The van der Waals surface area contributed by atoms with Crippen molar-refractivity contribution in [1.29, 1.82) is 0 Å². The molecule has 1 atom stereocenters. The molecule has 0 aliphatic carbocycles. The third kappa shape index (κ3) is 3.08. The van der Waals surface area contributed by atoms with Crippen molar-refractivity contribution in [3.8, 4) is 0 Å². The normalized spacial score (nSPS) is 18.7. The average Bonchev–Trinajstić information content (AvgIpc) is 1.68. The van der Waals surface area contributed by atoms with Crippen LogP contribution in [0, 0.1) is 0 Å². The van der Waals surface area contributed by atoms with Crippen LogP contribution in [-0.4, -0.2) is 12.0 Å². The summed E-state index contributed by atoms with van der Waals surface area (Å²) in [5.41, 5.74) is 0. The molecule has 0 aliphatic rings. The first-order valence-corrected chi connectivity index (χ1v) is 3.90. The predicted octanol–water partition coefficient (Wildman–Crippen LogP) is 0.751. The minimum atomic E-state index is -3.49.